The fourth-order valence-electron chi connectivity index (χ4n) is 3.95. The van der Waals surface area contributed by atoms with Crippen LogP contribution in [-0.2, 0) is 11.0 Å². The van der Waals surface area contributed by atoms with E-state index in [-0.39, 0.29) is 11.6 Å². The molecule has 4 rings (SSSR count). The Kier molecular flexibility index (Phi) is 8.22. The van der Waals surface area contributed by atoms with Gasteiger partial charge in [0.25, 0.3) is 0 Å². The lowest BCUT2D eigenvalue weighted by molar-refractivity contribution is -0.158. The van der Waals surface area contributed by atoms with Gasteiger partial charge in [-0.1, -0.05) is 18.2 Å². The Labute approximate surface area is 228 Å². The van der Waals surface area contributed by atoms with E-state index in [9.17, 15) is 40.7 Å². The maximum atomic E-state index is 13.6. The average Bonchev–Trinajstić information content (AvgIpc) is 3.73. The Bertz CT molecular complexity index is 1480. The van der Waals surface area contributed by atoms with Gasteiger partial charge in [0.05, 0.1) is 23.4 Å². The molecule has 1 fully saturated rings. The summed E-state index contributed by atoms with van der Waals surface area (Å²) in [4.78, 5) is 41.0. The Morgan fingerprint density at radius 3 is 2.24 bits per heavy atom. The topological polar surface area (TPSA) is 118 Å². The van der Waals surface area contributed by atoms with E-state index in [1.165, 1.54) is 6.07 Å². The van der Waals surface area contributed by atoms with E-state index in [4.69, 9.17) is 5.11 Å². The molecule has 1 aliphatic rings. The zero-order chi connectivity index (χ0) is 29.9. The summed E-state index contributed by atoms with van der Waals surface area (Å²) in [5.41, 5.74) is -0.592. The first-order valence-electron chi connectivity index (χ1n) is 12.0. The van der Waals surface area contributed by atoms with Crippen LogP contribution in [0.5, 0.6) is 5.75 Å². The van der Waals surface area contributed by atoms with Gasteiger partial charge in [-0.25, -0.2) is 4.79 Å². The number of benzene rings is 2. The number of halogens is 6. The van der Waals surface area contributed by atoms with E-state index in [0.717, 1.165) is 24.1 Å². The van der Waals surface area contributed by atoms with Crippen LogP contribution in [0.4, 0.5) is 42.5 Å². The van der Waals surface area contributed by atoms with Crippen LogP contribution in [0, 0.1) is 0 Å². The van der Waals surface area contributed by atoms with Crippen LogP contribution in [0.25, 0.3) is 11.1 Å². The summed E-state index contributed by atoms with van der Waals surface area (Å²) < 4.78 is 82.7. The van der Waals surface area contributed by atoms with E-state index in [0.29, 0.717) is 17.5 Å². The molecule has 8 nitrogen and oxygen atoms in total. The van der Waals surface area contributed by atoms with Crippen molar-refractivity contribution in [2.24, 2.45) is 0 Å². The number of ketones is 1. The second kappa shape index (κ2) is 11.5. The largest absolute Gasteiger partial charge is 0.483 e. The fraction of sp³-hybridized carbons (Fsp3) is 0.259. The summed E-state index contributed by atoms with van der Waals surface area (Å²) in [5, 5.41) is 12.8. The molecule has 216 valence electrons. The van der Waals surface area contributed by atoms with Crippen molar-refractivity contribution in [3.05, 3.63) is 71.5 Å². The number of rotatable bonds is 9. The maximum Gasteiger partial charge on any atom is 0.422 e. The van der Waals surface area contributed by atoms with Gasteiger partial charge in [-0.15, -0.1) is 0 Å². The smallest absolute Gasteiger partial charge is 0.422 e. The zero-order valence-electron chi connectivity index (χ0n) is 20.9. The third-order valence-electron chi connectivity index (χ3n) is 5.95. The number of carbonyl (C=O) groups is 3. The summed E-state index contributed by atoms with van der Waals surface area (Å²) in [6, 6.07) is 10.6. The monoisotopic (exact) mass is 581 g/mol. The molecule has 0 aliphatic heterocycles. The number of aromatic nitrogens is 1. The van der Waals surface area contributed by atoms with Gasteiger partial charge in [0.2, 0.25) is 5.91 Å². The van der Waals surface area contributed by atoms with Gasteiger partial charge in [-0.05, 0) is 48.2 Å². The fourth-order valence-corrected chi connectivity index (χ4v) is 3.95. The Morgan fingerprint density at radius 1 is 0.927 bits per heavy atom. The Morgan fingerprint density at radius 2 is 1.61 bits per heavy atom. The molecule has 1 heterocycles. The number of anilines is 2. The van der Waals surface area contributed by atoms with Crippen LogP contribution < -0.4 is 15.4 Å². The van der Waals surface area contributed by atoms with Crippen molar-refractivity contribution in [3.8, 4) is 16.9 Å². The number of nitrogens with zero attached hydrogens (tertiary/aromatic N) is 1. The van der Waals surface area contributed by atoms with Crippen LogP contribution in [0.3, 0.4) is 0 Å². The number of amides is 2. The molecule has 0 radical (unpaired) electrons. The normalized spacial score (nSPS) is 13.4. The van der Waals surface area contributed by atoms with Crippen molar-refractivity contribution in [1.29, 1.82) is 0 Å². The number of hydrogen-bond acceptors (Lipinski definition) is 5. The van der Waals surface area contributed by atoms with E-state index in [1.54, 1.807) is 35.8 Å². The maximum absolute atomic E-state index is 13.6. The minimum atomic E-state index is -5.23. The zero-order valence-corrected chi connectivity index (χ0v) is 20.9. The molecular formula is C27H21F6N3O5. The predicted octanol–water partition coefficient (Wildman–Crippen LogP) is 6.89. The Balaban J connectivity index is 1.55. The Hall–Kier alpha value is -4.62. The van der Waals surface area contributed by atoms with Crippen molar-refractivity contribution in [2.75, 3.05) is 17.2 Å². The molecule has 3 aromatic rings. The van der Waals surface area contributed by atoms with E-state index < -0.39 is 65.9 Å². The van der Waals surface area contributed by atoms with Crippen LogP contribution in [-0.4, -0.2) is 40.7 Å². The second-order valence-electron chi connectivity index (χ2n) is 9.20. The quantitative estimate of drug-likeness (QED) is 0.144. The number of alkyl halides is 6. The van der Waals surface area contributed by atoms with Gasteiger partial charge in [-0.3, -0.25) is 19.9 Å². The second-order valence-corrected chi connectivity index (χ2v) is 9.20. The lowest BCUT2D eigenvalue weighted by Crippen LogP contribution is -2.22. The van der Waals surface area contributed by atoms with Crippen molar-refractivity contribution in [3.63, 3.8) is 0 Å². The third kappa shape index (κ3) is 7.96. The SMILES string of the molecule is O=C(O)Nc1cc(OCC(F)(F)F)c(C(F)(F)F)cc1NC(=O)CC(=O)c1cccc(-c2ccnc(C3CC3)c2)c1. The molecule has 3 N–H and O–H groups in total. The van der Waals surface area contributed by atoms with Crippen molar-refractivity contribution in [2.45, 2.75) is 37.5 Å². The molecule has 2 amide bonds. The molecule has 2 aromatic carbocycles. The number of Topliss-reactive ketones (excluding diaryl/α,β-unsaturated/α-hetero) is 1. The third-order valence-corrected chi connectivity index (χ3v) is 5.95. The molecule has 0 spiro atoms. The molecule has 41 heavy (non-hydrogen) atoms. The lowest BCUT2D eigenvalue weighted by Gasteiger charge is -2.19. The van der Waals surface area contributed by atoms with E-state index in [1.807, 2.05) is 11.4 Å². The average molecular weight is 581 g/mol. The summed E-state index contributed by atoms with van der Waals surface area (Å²) in [5.74, 6) is -2.70. The number of hydrogen-bond donors (Lipinski definition) is 3. The highest BCUT2D eigenvalue weighted by Crippen LogP contribution is 2.42. The van der Waals surface area contributed by atoms with Gasteiger partial charge in [-0.2, -0.15) is 26.3 Å². The van der Waals surface area contributed by atoms with Gasteiger partial charge in [0, 0.05) is 29.4 Å². The molecule has 1 aromatic heterocycles. The van der Waals surface area contributed by atoms with Gasteiger partial charge < -0.3 is 15.2 Å². The van der Waals surface area contributed by atoms with Crippen LogP contribution >= 0.6 is 0 Å². The van der Waals surface area contributed by atoms with Crippen molar-refractivity contribution in [1.82, 2.24) is 4.98 Å². The first-order valence-corrected chi connectivity index (χ1v) is 12.0. The summed E-state index contributed by atoms with van der Waals surface area (Å²) >= 11 is 0. The van der Waals surface area contributed by atoms with E-state index in [2.05, 4.69) is 9.72 Å². The van der Waals surface area contributed by atoms with E-state index >= 15 is 0 Å². The summed E-state index contributed by atoms with van der Waals surface area (Å²) in [6.07, 6.45) is -9.08. The van der Waals surface area contributed by atoms with Gasteiger partial charge >= 0.3 is 18.4 Å². The highest BCUT2D eigenvalue weighted by Gasteiger charge is 2.38. The van der Waals surface area contributed by atoms with Gasteiger partial charge in [0.15, 0.2) is 12.4 Å². The molecule has 1 aliphatic carbocycles. The summed E-state index contributed by atoms with van der Waals surface area (Å²) in [6.45, 7) is -2.08. The minimum absolute atomic E-state index is 0.137. The number of carboxylic acid groups (broad SMARTS) is 1. The molecule has 14 heteroatoms. The summed E-state index contributed by atoms with van der Waals surface area (Å²) in [7, 11) is 0. The molecule has 0 saturated heterocycles. The molecule has 1 saturated carbocycles. The van der Waals surface area contributed by atoms with Crippen molar-refractivity contribution < 1.29 is 50.6 Å². The molecule has 0 unspecified atom stereocenters. The first kappa shape index (κ1) is 29.4. The lowest BCUT2D eigenvalue weighted by atomic mass is 9.99. The van der Waals surface area contributed by atoms with Gasteiger partial charge in [0.1, 0.15) is 5.75 Å². The highest BCUT2D eigenvalue weighted by molar-refractivity contribution is 6.12. The first-order chi connectivity index (χ1) is 19.2. The standard InChI is InChI=1S/C27H21F6N3O5/c28-26(29,30)13-41-23-11-21(36-25(39)40)20(10-18(23)27(31,32)33)35-24(38)12-22(37)17-3-1-2-15(8-17)16-6-7-34-19(9-16)14-4-5-14/h1-3,6-11,14,36H,4-5,12-13H2,(H,35,38)(H,39,40). The van der Waals surface area contributed by atoms with Crippen LogP contribution in [0.15, 0.2) is 54.7 Å². The van der Waals surface area contributed by atoms with Crippen LogP contribution in [0.1, 0.15) is 46.8 Å². The number of pyridine rings is 1. The minimum Gasteiger partial charge on any atom is -0.483 e. The molecular weight excluding hydrogens is 560 g/mol. The highest BCUT2D eigenvalue weighted by atomic mass is 19.4. The molecule has 0 atom stereocenters. The van der Waals surface area contributed by atoms with Crippen LogP contribution in [0.2, 0.25) is 0 Å². The molecule has 0 bridgehead atoms. The van der Waals surface area contributed by atoms with Crippen molar-refractivity contribution >= 4 is 29.2 Å². The number of nitrogens with one attached hydrogen (secondary N) is 2. The predicted molar refractivity (Wildman–Crippen MR) is 134 cm³/mol. The number of carbonyl (C=O) groups excluding carboxylic acids is 2. The number of ether oxygens (including phenoxy) is 1.